The van der Waals surface area contributed by atoms with Crippen molar-refractivity contribution in [1.82, 2.24) is 4.57 Å². The second kappa shape index (κ2) is 6.49. The van der Waals surface area contributed by atoms with Crippen LogP contribution in [0.25, 0.3) is 11.3 Å². The van der Waals surface area contributed by atoms with E-state index in [0.29, 0.717) is 11.3 Å². The number of alkyl halides is 2. The van der Waals surface area contributed by atoms with E-state index in [1.807, 2.05) is 0 Å². The topological polar surface area (TPSA) is 68.5 Å². The minimum atomic E-state index is -2.93. The van der Waals surface area contributed by atoms with Crippen LogP contribution < -0.4 is 9.61 Å². The molecule has 21 heavy (non-hydrogen) atoms. The molecule has 1 aromatic heterocycles. The summed E-state index contributed by atoms with van der Waals surface area (Å²) in [5, 5.41) is 10.3. The summed E-state index contributed by atoms with van der Waals surface area (Å²) in [5.41, 5.74) is 0.989. The molecule has 0 aliphatic carbocycles. The molecule has 0 unspecified atom stereocenters. The Bertz CT molecular complexity index is 695. The van der Waals surface area contributed by atoms with Gasteiger partial charge in [0.25, 0.3) is 0 Å². The molecule has 0 atom stereocenters. The number of aromatic nitrogens is 1. The molecule has 0 spiro atoms. The number of halogens is 2. The molecule has 1 heterocycles. The van der Waals surface area contributed by atoms with Crippen LogP contribution in [-0.4, -0.2) is 22.3 Å². The normalized spacial score (nSPS) is 10.8. The van der Waals surface area contributed by atoms with E-state index in [1.165, 1.54) is 22.8 Å². The highest BCUT2D eigenvalue weighted by molar-refractivity contribution is 7.07. The van der Waals surface area contributed by atoms with Gasteiger partial charge in [-0.25, -0.2) is 0 Å². The van der Waals surface area contributed by atoms with Crippen LogP contribution in [0.3, 0.4) is 0 Å². The number of benzene rings is 1. The summed E-state index contributed by atoms with van der Waals surface area (Å²) in [6, 6.07) is 5.92. The number of hydrogen-bond acceptors (Lipinski definition) is 4. The van der Waals surface area contributed by atoms with Gasteiger partial charge in [0.05, 0.1) is 12.1 Å². The van der Waals surface area contributed by atoms with Gasteiger partial charge in [-0.2, -0.15) is 8.78 Å². The Kier molecular flexibility index (Phi) is 4.69. The third-order valence-corrected chi connectivity index (χ3v) is 3.45. The molecule has 0 radical (unpaired) electrons. The van der Waals surface area contributed by atoms with E-state index in [1.54, 1.807) is 11.4 Å². The second-order valence-corrected chi connectivity index (χ2v) is 4.91. The minimum Gasteiger partial charge on any atom is -0.481 e. The maximum absolute atomic E-state index is 12.2. The zero-order valence-corrected chi connectivity index (χ0v) is 11.5. The average molecular weight is 315 g/mol. The van der Waals surface area contributed by atoms with Gasteiger partial charge >= 0.3 is 17.5 Å². The van der Waals surface area contributed by atoms with Crippen molar-refractivity contribution in [2.24, 2.45) is 0 Å². The molecule has 0 aliphatic rings. The Morgan fingerprint density at radius 1 is 1.43 bits per heavy atom. The molecule has 0 saturated heterocycles. The van der Waals surface area contributed by atoms with Crippen LogP contribution in [-0.2, 0) is 11.3 Å². The van der Waals surface area contributed by atoms with Gasteiger partial charge in [0, 0.05) is 17.5 Å². The van der Waals surface area contributed by atoms with Crippen molar-refractivity contribution < 1.29 is 23.4 Å². The molecule has 0 amide bonds. The van der Waals surface area contributed by atoms with Gasteiger partial charge in [-0.3, -0.25) is 14.2 Å². The monoisotopic (exact) mass is 315 g/mol. The molecule has 8 heteroatoms. The maximum Gasteiger partial charge on any atom is 0.387 e. The minimum absolute atomic E-state index is 0.0208. The van der Waals surface area contributed by atoms with Crippen LogP contribution in [0.15, 0.2) is 34.4 Å². The van der Waals surface area contributed by atoms with Crippen molar-refractivity contribution in [2.45, 2.75) is 19.6 Å². The largest absolute Gasteiger partial charge is 0.481 e. The Morgan fingerprint density at radius 3 is 2.86 bits per heavy atom. The van der Waals surface area contributed by atoms with E-state index in [0.717, 1.165) is 11.3 Å². The lowest BCUT2D eigenvalue weighted by atomic mass is 10.1. The third kappa shape index (κ3) is 3.88. The molecule has 0 fully saturated rings. The van der Waals surface area contributed by atoms with E-state index in [2.05, 4.69) is 4.74 Å². The zero-order chi connectivity index (χ0) is 15.4. The van der Waals surface area contributed by atoms with Crippen molar-refractivity contribution in [1.29, 1.82) is 0 Å². The average Bonchev–Trinajstić information content (AvgIpc) is 2.77. The van der Waals surface area contributed by atoms with Gasteiger partial charge in [-0.05, 0) is 12.1 Å². The summed E-state index contributed by atoms with van der Waals surface area (Å²) >= 11 is 0.923. The lowest BCUT2D eigenvalue weighted by Crippen LogP contribution is -2.16. The van der Waals surface area contributed by atoms with E-state index >= 15 is 0 Å². The lowest BCUT2D eigenvalue weighted by molar-refractivity contribution is -0.137. The highest BCUT2D eigenvalue weighted by Crippen LogP contribution is 2.25. The van der Waals surface area contributed by atoms with Crippen LogP contribution in [0.5, 0.6) is 5.75 Å². The van der Waals surface area contributed by atoms with E-state index < -0.39 is 12.6 Å². The van der Waals surface area contributed by atoms with Gasteiger partial charge < -0.3 is 9.84 Å². The van der Waals surface area contributed by atoms with E-state index in [-0.39, 0.29) is 23.6 Å². The summed E-state index contributed by atoms with van der Waals surface area (Å²) in [5.74, 6) is -1.04. The molecule has 0 saturated carbocycles. The van der Waals surface area contributed by atoms with Crippen LogP contribution >= 0.6 is 11.3 Å². The molecule has 1 N–H and O–H groups in total. The number of carboxylic acids is 1. The van der Waals surface area contributed by atoms with Crippen LogP contribution in [0.2, 0.25) is 0 Å². The van der Waals surface area contributed by atoms with Crippen molar-refractivity contribution >= 4 is 17.3 Å². The number of aliphatic carboxylic acids is 1. The quantitative estimate of drug-likeness (QED) is 0.890. The Labute approximate surface area is 122 Å². The summed E-state index contributed by atoms with van der Waals surface area (Å²) in [7, 11) is 0. The van der Waals surface area contributed by atoms with E-state index in [9.17, 15) is 18.4 Å². The third-order valence-electron chi connectivity index (χ3n) is 2.69. The first-order valence-electron chi connectivity index (χ1n) is 5.92. The molecule has 0 bridgehead atoms. The highest BCUT2D eigenvalue weighted by Gasteiger charge is 2.12. The van der Waals surface area contributed by atoms with Crippen molar-refractivity contribution in [3.63, 3.8) is 0 Å². The fourth-order valence-corrected chi connectivity index (χ4v) is 2.60. The predicted molar refractivity (Wildman–Crippen MR) is 72.9 cm³/mol. The lowest BCUT2D eigenvalue weighted by Gasteiger charge is -2.09. The van der Waals surface area contributed by atoms with Crippen LogP contribution in [0.1, 0.15) is 6.42 Å². The zero-order valence-electron chi connectivity index (χ0n) is 10.7. The standard InChI is InChI=1S/C13H11F2NO4S/c14-12(15)20-9-3-1-2-8(6-9)10-7-21-13(19)16(10)5-4-11(17)18/h1-3,6-7,12H,4-5H2,(H,17,18). The first-order chi connectivity index (χ1) is 9.97. The molecular weight excluding hydrogens is 304 g/mol. The van der Waals surface area contributed by atoms with Gasteiger partial charge in [0.15, 0.2) is 0 Å². The van der Waals surface area contributed by atoms with Crippen molar-refractivity contribution in [3.05, 3.63) is 39.3 Å². The summed E-state index contributed by atoms with van der Waals surface area (Å²) in [4.78, 5) is 22.0. The number of thiazole rings is 1. The Hall–Kier alpha value is -2.22. The molecule has 112 valence electrons. The Balaban J connectivity index is 2.33. The van der Waals surface area contributed by atoms with Crippen LogP contribution in [0, 0.1) is 0 Å². The number of hydrogen-bond donors (Lipinski definition) is 1. The number of carbonyl (C=O) groups is 1. The van der Waals surface area contributed by atoms with Gasteiger partial charge in [0.1, 0.15) is 5.75 Å². The number of carboxylic acid groups (broad SMARTS) is 1. The predicted octanol–water partition coefficient (Wildman–Crippen LogP) is 2.65. The van der Waals surface area contributed by atoms with Gasteiger partial charge in [-0.1, -0.05) is 23.5 Å². The van der Waals surface area contributed by atoms with E-state index in [4.69, 9.17) is 5.11 Å². The van der Waals surface area contributed by atoms with Gasteiger partial charge in [-0.15, -0.1) is 0 Å². The summed E-state index contributed by atoms with van der Waals surface area (Å²) < 4.78 is 30.0. The fraction of sp³-hybridized carbons (Fsp3) is 0.231. The summed E-state index contributed by atoms with van der Waals surface area (Å²) in [6.45, 7) is -2.91. The fourth-order valence-electron chi connectivity index (χ4n) is 1.81. The maximum atomic E-state index is 12.2. The molecule has 2 aromatic rings. The SMILES string of the molecule is O=C(O)CCn1c(-c2cccc(OC(F)F)c2)csc1=O. The first-order valence-corrected chi connectivity index (χ1v) is 6.80. The summed E-state index contributed by atoms with van der Waals surface area (Å²) in [6.07, 6.45) is -0.198. The highest BCUT2D eigenvalue weighted by atomic mass is 32.1. The molecule has 5 nitrogen and oxygen atoms in total. The van der Waals surface area contributed by atoms with Crippen molar-refractivity contribution in [3.8, 4) is 17.0 Å². The first kappa shape index (κ1) is 15.2. The molecule has 0 aliphatic heterocycles. The number of rotatable bonds is 6. The molecular formula is C13H11F2NO4S. The Morgan fingerprint density at radius 2 is 2.19 bits per heavy atom. The van der Waals surface area contributed by atoms with Gasteiger partial charge in [0.2, 0.25) is 0 Å². The van der Waals surface area contributed by atoms with Crippen LogP contribution in [0.4, 0.5) is 8.78 Å². The number of nitrogens with zero attached hydrogens (tertiary/aromatic N) is 1. The molecule has 1 aromatic carbocycles. The second-order valence-electron chi connectivity index (χ2n) is 4.09. The molecule has 2 rings (SSSR count). The number of ether oxygens (including phenoxy) is 1. The van der Waals surface area contributed by atoms with Crippen molar-refractivity contribution in [2.75, 3.05) is 0 Å². The smallest absolute Gasteiger partial charge is 0.387 e.